The van der Waals surface area contributed by atoms with Gasteiger partial charge in [0, 0.05) is 18.7 Å². The summed E-state index contributed by atoms with van der Waals surface area (Å²) in [7, 11) is 0. The van der Waals surface area contributed by atoms with Gasteiger partial charge in [0.15, 0.2) is 0 Å². The van der Waals surface area contributed by atoms with Crippen LogP contribution in [0.15, 0.2) is 6.33 Å². The van der Waals surface area contributed by atoms with Crippen molar-refractivity contribution in [3.8, 4) is 0 Å². The fourth-order valence-electron chi connectivity index (χ4n) is 2.09. The molecule has 4 heteroatoms. The monoisotopic (exact) mass is 225 g/mol. The summed E-state index contributed by atoms with van der Waals surface area (Å²) in [5, 5.41) is 0.599. The molecule has 3 nitrogen and oxygen atoms in total. The lowest BCUT2D eigenvalue weighted by atomic mass is 10.2. The van der Waals surface area contributed by atoms with Gasteiger partial charge in [-0.25, -0.2) is 9.97 Å². The van der Waals surface area contributed by atoms with Crippen molar-refractivity contribution in [2.24, 2.45) is 5.92 Å². The van der Waals surface area contributed by atoms with E-state index in [9.17, 15) is 0 Å². The van der Waals surface area contributed by atoms with Gasteiger partial charge in [-0.3, -0.25) is 0 Å². The van der Waals surface area contributed by atoms with Crippen molar-refractivity contribution >= 4 is 17.4 Å². The largest absolute Gasteiger partial charge is 0.356 e. The van der Waals surface area contributed by atoms with Crippen LogP contribution < -0.4 is 4.90 Å². The first-order valence-electron chi connectivity index (χ1n) is 5.46. The fraction of sp³-hybridized carbons (Fsp3) is 0.636. The zero-order valence-corrected chi connectivity index (χ0v) is 9.96. The number of anilines is 1. The van der Waals surface area contributed by atoms with Gasteiger partial charge in [-0.15, -0.1) is 0 Å². The second kappa shape index (κ2) is 4.35. The van der Waals surface area contributed by atoms with Crippen molar-refractivity contribution in [2.75, 3.05) is 18.0 Å². The predicted octanol–water partition coefficient (Wildman–Crippen LogP) is 2.54. The highest BCUT2D eigenvalue weighted by molar-refractivity contribution is 6.30. The number of hydrogen-bond donors (Lipinski definition) is 0. The lowest BCUT2D eigenvalue weighted by molar-refractivity contribution is 0.658. The Kier molecular flexibility index (Phi) is 3.10. The van der Waals surface area contributed by atoms with Crippen molar-refractivity contribution < 1.29 is 0 Å². The molecule has 0 radical (unpaired) electrons. The second-order valence-corrected chi connectivity index (χ2v) is 4.52. The summed E-state index contributed by atoms with van der Waals surface area (Å²) in [6.07, 6.45) is 3.68. The van der Waals surface area contributed by atoms with Gasteiger partial charge >= 0.3 is 0 Å². The van der Waals surface area contributed by atoms with Crippen LogP contribution in [0.2, 0.25) is 5.15 Å². The molecule has 0 bridgehead atoms. The van der Waals surface area contributed by atoms with E-state index in [1.807, 2.05) is 0 Å². The van der Waals surface area contributed by atoms with E-state index in [0.717, 1.165) is 36.8 Å². The maximum Gasteiger partial charge on any atom is 0.137 e. The van der Waals surface area contributed by atoms with Crippen LogP contribution in [0, 0.1) is 5.92 Å². The molecule has 0 aromatic carbocycles. The molecule has 1 atom stereocenters. The quantitative estimate of drug-likeness (QED) is 0.725. The van der Waals surface area contributed by atoms with Gasteiger partial charge in [0.2, 0.25) is 0 Å². The Labute approximate surface area is 95.5 Å². The average molecular weight is 226 g/mol. The van der Waals surface area contributed by atoms with Gasteiger partial charge < -0.3 is 4.90 Å². The third-order valence-electron chi connectivity index (χ3n) is 2.95. The van der Waals surface area contributed by atoms with E-state index < -0.39 is 0 Å². The lowest BCUT2D eigenvalue weighted by Crippen LogP contribution is -2.22. The van der Waals surface area contributed by atoms with Gasteiger partial charge in [0.1, 0.15) is 17.3 Å². The molecule has 1 unspecified atom stereocenters. The van der Waals surface area contributed by atoms with Gasteiger partial charge in [-0.1, -0.05) is 25.4 Å². The Hall–Kier alpha value is -0.830. The highest BCUT2D eigenvalue weighted by atomic mass is 35.5. The molecule has 1 aliphatic rings. The number of hydrogen-bond acceptors (Lipinski definition) is 3. The minimum absolute atomic E-state index is 0.599. The van der Waals surface area contributed by atoms with Crippen LogP contribution in [0.1, 0.15) is 25.8 Å². The SMILES string of the molecule is CCc1c(Cl)ncnc1N1CCC(C)C1. The number of nitrogens with zero attached hydrogens (tertiary/aromatic N) is 3. The summed E-state index contributed by atoms with van der Waals surface area (Å²) in [5.74, 6) is 1.78. The van der Waals surface area contributed by atoms with E-state index in [1.54, 1.807) is 6.33 Å². The van der Waals surface area contributed by atoms with Gasteiger partial charge in [-0.05, 0) is 18.8 Å². The molecule has 1 fully saturated rings. The van der Waals surface area contributed by atoms with Crippen LogP contribution in [0.3, 0.4) is 0 Å². The van der Waals surface area contributed by atoms with E-state index in [4.69, 9.17) is 11.6 Å². The molecule has 0 saturated carbocycles. The Balaban J connectivity index is 2.31. The first-order valence-corrected chi connectivity index (χ1v) is 5.84. The number of halogens is 1. The van der Waals surface area contributed by atoms with Crippen LogP contribution in [-0.2, 0) is 6.42 Å². The molecule has 82 valence electrons. The second-order valence-electron chi connectivity index (χ2n) is 4.16. The highest BCUT2D eigenvalue weighted by Crippen LogP contribution is 2.28. The van der Waals surface area contributed by atoms with E-state index in [1.165, 1.54) is 6.42 Å². The Morgan fingerprint density at radius 3 is 2.93 bits per heavy atom. The topological polar surface area (TPSA) is 29.0 Å². The zero-order valence-electron chi connectivity index (χ0n) is 9.20. The van der Waals surface area contributed by atoms with E-state index in [0.29, 0.717) is 5.15 Å². The third-order valence-corrected chi connectivity index (χ3v) is 3.27. The molecule has 1 aromatic heterocycles. The normalized spacial score (nSPS) is 21.0. The zero-order chi connectivity index (χ0) is 10.8. The van der Waals surface area contributed by atoms with E-state index in [2.05, 4.69) is 28.7 Å². The molecule has 15 heavy (non-hydrogen) atoms. The maximum absolute atomic E-state index is 6.07. The molecule has 1 aliphatic heterocycles. The van der Waals surface area contributed by atoms with Crippen molar-refractivity contribution in [1.82, 2.24) is 9.97 Å². The number of rotatable bonds is 2. The highest BCUT2D eigenvalue weighted by Gasteiger charge is 2.22. The van der Waals surface area contributed by atoms with Crippen LogP contribution in [0.4, 0.5) is 5.82 Å². The molecule has 0 amide bonds. The standard InChI is InChI=1S/C11H16ClN3/c1-3-9-10(12)13-7-14-11(9)15-5-4-8(2)6-15/h7-8H,3-6H2,1-2H3. The fourth-order valence-corrected chi connectivity index (χ4v) is 2.35. The number of aromatic nitrogens is 2. The Bertz CT molecular complexity index is 354. The van der Waals surface area contributed by atoms with E-state index >= 15 is 0 Å². The van der Waals surface area contributed by atoms with Crippen molar-refractivity contribution in [1.29, 1.82) is 0 Å². The molecule has 1 aromatic rings. The van der Waals surface area contributed by atoms with Crippen molar-refractivity contribution in [3.63, 3.8) is 0 Å². The van der Waals surface area contributed by atoms with Crippen LogP contribution >= 0.6 is 11.6 Å². The molecule has 2 heterocycles. The smallest absolute Gasteiger partial charge is 0.137 e. The Morgan fingerprint density at radius 1 is 1.53 bits per heavy atom. The predicted molar refractivity (Wildman–Crippen MR) is 62.4 cm³/mol. The summed E-state index contributed by atoms with van der Waals surface area (Å²) in [6, 6.07) is 0. The van der Waals surface area contributed by atoms with E-state index in [-0.39, 0.29) is 0 Å². The molecule has 1 saturated heterocycles. The summed E-state index contributed by atoms with van der Waals surface area (Å²) >= 11 is 6.07. The lowest BCUT2D eigenvalue weighted by Gasteiger charge is -2.19. The van der Waals surface area contributed by atoms with Crippen molar-refractivity contribution in [3.05, 3.63) is 17.0 Å². The van der Waals surface area contributed by atoms with Crippen molar-refractivity contribution in [2.45, 2.75) is 26.7 Å². The van der Waals surface area contributed by atoms with Crippen LogP contribution in [0.25, 0.3) is 0 Å². The molecular formula is C11H16ClN3. The first kappa shape index (κ1) is 10.7. The summed E-state index contributed by atoms with van der Waals surface area (Å²) < 4.78 is 0. The van der Waals surface area contributed by atoms with Crippen LogP contribution in [0.5, 0.6) is 0 Å². The van der Waals surface area contributed by atoms with Gasteiger partial charge in [0.25, 0.3) is 0 Å². The summed E-state index contributed by atoms with van der Waals surface area (Å²) in [5.41, 5.74) is 1.08. The van der Waals surface area contributed by atoms with Crippen LogP contribution in [-0.4, -0.2) is 23.1 Å². The van der Waals surface area contributed by atoms with Gasteiger partial charge in [0.05, 0.1) is 0 Å². The minimum atomic E-state index is 0.599. The molecule has 2 rings (SSSR count). The minimum Gasteiger partial charge on any atom is -0.356 e. The first-order chi connectivity index (χ1) is 7.22. The molecule has 0 aliphatic carbocycles. The molecular weight excluding hydrogens is 210 g/mol. The molecule has 0 N–H and O–H groups in total. The molecule has 0 spiro atoms. The maximum atomic E-state index is 6.07. The third kappa shape index (κ3) is 2.07. The summed E-state index contributed by atoms with van der Waals surface area (Å²) in [6.45, 7) is 6.53. The average Bonchev–Trinajstić information content (AvgIpc) is 2.64. The van der Waals surface area contributed by atoms with Gasteiger partial charge in [-0.2, -0.15) is 0 Å². The Morgan fingerprint density at radius 2 is 2.33 bits per heavy atom. The summed E-state index contributed by atoms with van der Waals surface area (Å²) in [4.78, 5) is 10.7.